The molecule has 0 unspecified atom stereocenters. The molecule has 154 valence electrons. The minimum atomic E-state index is -4.67. The highest BCUT2D eigenvalue weighted by atomic mass is 19.4. The molecule has 30 heavy (non-hydrogen) atoms. The number of aromatic nitrogens is 5. The van der Waals surface area contributed by atoms with Crippen LogP contribution in [0.1, 0.15) is 17.2 Å². The van der Waals surface area contributed by atoms with Crippen molar-refractivity contribution in [2.45, 2.75) is 19.7 Å². The van der Waals surface area contributed by atoms with Crippen LogP contribution in [0.2, 0.25) is 0 Å². The van der Waals surface area contributed by atoms with Crippen LogP contribution < -0.4 is 5.73 Å². The number of hydrogen-bond donors (Lipinski definition) is 2. The van der Waals surface area contributed by atoms with Crippen molar-refractivity contribution in [1.82, 2.24) is 24.6 Å². The van der Waals surface area contributed by atoms with E-state index in [0.717, 1.165) is 10.6 Å². The first-order valence-electron chi connectivity index (χ1n) is 8.65. The number of nitrogens with zero attached hydrogens (tertiary/aromatic N) is 5. The molecule has 0 fully saturated rings. The average Bonchev–Trinajstić information content (AvgIpc) is 3.12. The Morgan fingerprint density at radius 1 is 1.03 bits per heavy atom. The minimum absolute atomic E-state index is 0.0165. The molecule has 0 saturated heterocycles. The first kappa shape index (κ1) is 19.7. The molecule has 0 spiro atoms. The van der Waals surface area contributed by atoms with E-state index in [1.54, 1.807) is 0 Å². The normalized spacial score (nSPS) is 11.9. The summed E-state index contributed by atoms with van der Waals surface area (Å²) in [6.07, 6.45) is -4.67. The molecule has 0 aliphatic heterocycles. The van der Waals surface area contributed by atoms with Gasteiger partial charge in [-0.15, -0.1) is 5.10 Å². The van der Waals surface area contributed by atoms with Crippen LogP contribution in [0.5, 0.6) is 0 Å². The average molecular weight is 418 g/mol. The number of rotatable bonds is 3. The van der Waals surface area contributed by atoms with E-state index >= 15 is 0 Å². The highest BCUT2D eigenvalue weighted by Gasteiger charge is 2.33. The summed E-state index contributed by atoms with van der Waals surface area (Å²) in [6.45, 7) is 0.927. The second-order valence-corrected chi connectivity index (χ2v) is 6.50. The van der Waals surface area contributed by atoms with Crippen molar-refractivity contribution in [3.8, 4) is 22.4 Å². The number of nitrogens with two attached hydrogens (primary N) is 1. The number of pyridine rings is 1. The number of halogens is 4. The Hall–Kier alpha value is -3.60. The zero-order valence-electron chi connectivity index (χ0n) is 15.4. The van der Waals surface area contributed by atoms with Crippen LogP contribution in [0, 0.1) is 12.7 Å². The molecule has 4 aromatic rings. The van der Waals surface area contributed by atoms with Crippen LogP contribution in [0.25, 0.3) is 28.0 Å². The van der Waals surface area contributed by atoms with Crippen molar-refractivity contribution in [2.24, 2.45) is 0 Å². The van der Waals surface area contributed by atoms with Crippen molar-refractivity contribution < 1.29 is 22.7 Å². The molecule has 1 aromatic carbocycles. The van der Waals surface area contributed by atoms with Gasteiger partial charge in [-0.3, -0.25) is 0 Å². The number of fused-ring (bicyclic) bond motifs is 1. The van der Waals surface area contributed by atoms with Gasteiger partial charge >= 0.3 is 6.18 Å². The SMILES string of the molecule is Cc1cc(-c2c(-c3ccc(F)cc3)nc(N)n3nc(CO)nc23)cc(C(F)(F)F)n1. The van der Waals surface area contributed by atoms with Gasteiger partial charge in [-0.25, -0.2) is 19.3 Å². The van der Waals surface area contributed by atoms with Gasteiger partial charge in [-0.05, 0) is 48.9 Å². The molecule has 0 aliphatic carbocycles. The monoisotopic (exact) mass is 418 g/mol. The van der Waals surface area contributed by atoms with E-state index in [1.807, 2.05) is 0 Å². The van der Waals surface area contributed by atoms with E-state index in [4.69, 9.17) is 5.73 Å². The van der Waals surface area contributed by atoms with Gasteiger partial charge < -0.3 is 10.8 Å². The number of aliphatic hydroxyl groups excluding tert-OH is 1. The highest BCUT2D eigenvalue weighted by Crippen LogP contribution is 2.37. The summed E-state index contributed by atoms with van der Waals surface area (Å²) in [5, 5.41) is 13.4. The Morgan fingerprint density at radius 3 is 2.37 bits per heavy atom. The number of aryl methyl sites for hydroxylation is 1. The van der Waals surface area contributed by atoms with Gasteiger partial charge in [0.05, 0.1) is 11.3 Å². The third-order valence-corrected chi connectivity index (χ3v) is 4.35. The Labute approximate surface area is 166 Å². The smallest absolute Gasteiger partial charge is 0.388 e. The van der Waals surface area contributed by atoms with Crippen molar-refractivity contribution in [3.05, 3.63) is 59.4 Å². The zero-order valence-corrected chi connectivity index (χ0v) is 15.4. The fourth-order valence-corrected chi connectivity index (χ4v) is 3.11. The van der Waals surface area contributed by atoms with Crippen molar-refractivity contribution >= 4 is 11.6 Å². The van der Waals surface area contributed by atoms with E-state index in [2.05, 4.69) is 20.1 Å². The molecule has 4 rings (SSSR count). The Morgan fingerprint density at radius 2 is 1.73 bits per heavy atom. The molecule has 0 saturated carbocycles. The first-order chi connectivity index (χ1) is 14.2. The highest BCUT2D eigenvalue weighted by molar-refractivity contribution is 5.90. The second kappa shape index (κ2) is 7.02. The standard InChI is InChI=1S/C19H14F4N6O/c1-9-6-11(7-13(25-9)19(21,22)23)15-16(10-2-4-12(20)5-3-10)27-18(24)29-17(15)26-14(8-30)28-29/h2-7,30H,8H2,1H3,(H2,24,27). The predicted molar refractivity (Wildman–Crippen MR) is 99.5 cm³/mol. The Balaban J connectivity index is 2.10. The van der Waals surface area contributed by atoms with E-state index < -0.39 is 24.3 Å². The largest absolute Gasteiger partial charge is 0.433 e. The van der Waals surface area contributed by atoms with Gasteiger partial charge in [0, 0.05) is 11.3 Å². The van der Waals surface area contributed by atoms with Gasteiger partial charge in [-0.1, -0.05) is 0 Å². The zero-order chi connectivity index (χ0) is 21.6. The van der Waals surface area contributed by atoms with Crippen LogP contribution in [0.15, 0.2) is 36.4 Å². The fourth-order valence-electron chi connectivity index (χ4n) is 3.11. The third kappa shape index (κ3) is 3.43. The third-order valence-electron chi connectivity index (χ3n) is 4.35. The molecular formula is C19H14F4N6O. The van der Waals surface area contributed by atoms with E-state index in [-0.39, 0.29) is 39.9 Å². The maximum Gasteiger partial charge on any atom is 0.433 e. The van der Waals surface area contributed by atoms with Crippen LogP contribution in [-0.4, -0.2) is 29.7 Å². The van der Waals surface area contributed by atoms with Crippen molar-refractivity contribution in [3.63, 3.8) is 0 Å². The Kier molecular flexibility index (Phi) is 4.61. The molecule has 3 heterocycles. The lowest BCUT2D eigenvalue weighted by Crippen LogP contribution is -2.10. The van der Waals surface area contributed by atoms with Crippen molar-refractivity contribution in [2.75, 3.05) is 5.73 Å². The maximum absolute atomic E-state index is 13.4. The summed E-state index contributed by atoms with van der Waals surface area (Å²) in [5.74, 6) is -0.566. The van der Waals surface area contributed by atoms with Crippen LogP contribution in [0.3, 0.4) is 0 Å². The Bertz CT molecular complexity index is 1250. The van der Waals surface area contributed by atoms with Crippen molar-refractivity contribution in [1.29, 1.82) is 0 Å². The molecule has 3 aromatic heterocycles. The summed E-state index contributed by atoms with van der Waals surface area (Å²) < 4.78 is 54.6. The molecule has 7 nitrogen and oxygen atoms in total. The molecule has 3 N–H and O–H groups in total. The fraction of sp³-hybridized carbons (Fsp3) is 0.158. The molecule has 0 bridgehead atoms. The van der Waals surface area contributed by atoms with Crippen LogP contribution in [-0.2, 0) is 12.8 Å². The van der Waals surface area contributed by atoms with Gasteiger partial charge in [0.15, 0.2) is 11.5 Å². The number of benzene rings is 1. The summed E-state index contributed by atoms with van der Waals surface area (Å²) in [6, 6.07) is 7.58. The summed E-state index contributed by atoms with van der Waals surface area (Å²) >= 11 is 0. The number of anilines is 1. The molecule has 11 heteroatoms. The first-order valence-corrected chi connectivity index (χ1v) is 8.65. The maximum atomic E-state index is 13.4. The van der Waals surface area contributed by atoms with Gasteiger partial charge in [0.25, 0.3) is 0 Å². The predicted octanol–water partition coefficient (Wildman–Crippen LogP) is 3.39. The van der Waals surface area contributed by atoms with Gasteiger partial charge in [0.2, 0.25) is 5.95 Å². The van der Waals surface area contributed by atoms with Crippen LogP contribution in [0.4, 0.5) is 23.5 Å². The lowest BCUT2D eigenvalue weighted by Gasteiger charge is -2.14. The lowest BCUT2D eigenvalue weighted by molar-refractivity contribution is -0.141. The number of aliphatic hydroxyl groups is 1. The molecule has 0 radical (unpaired) electrons. The van der Waals surface area contributed by atoms with Gasteiger partial charge in [0.1, 0.15) is 18.1 Å². The molecular weight excluding hydrogens is 404 g/mol. The summed E-state index contributed by atoms with van der Waals surface area (Å²) in [5.41, 5.74) is 6.04. The van der Waals surface area contributed by atoms with Gasteiger partial charge in [-0.2, -0.15) is 17.7 Å². The quantitative estimate of drug-likeness (QED) is 0.495. The van der Waals surface area contributed by atoms with E-state index in [1.165, 1.54) is 37.3 Å². The molecule has 0 atom stereocenters. The molecule has 0 aliphatic rings. The van der Waals surface area contributed by atoms with Crippen LogP contribution >= 0.6 is 0 Å². The molecule has 0 amide bonds. The number of alkyl halides is 3. The summed E-state index contributed by atoms with van der Waals surface area (Å²) in [7, 11) is 0. The second-order valence-electron chi connectivity index (χ2n) is 6.50. The topological polar surface area (TPSA) is 102 Å². The van der Waals surface area contributed by atoms with E-state index in [9.17, 15) is 22.7 Å². The number of nitrogen functional groups attached to an aromatic ring is 1. The minimum Gasteiger partial charge on any atom is -0.388 e. The lowest BCUT2D eigenvalue weighted by atomic mass is 9.99. The van der Waals surface area contributed by atoms with E-state index in [0.29, 0.717) is 5.56 Å². The summed E-state index contributed by atoms with van der Waals surface area (Å²) in [4.78, 5) is 12.0. The number of hydrogen-bond acceptors (Lipinski definition) is 6.